The molecule has 1 aromatic carbocycles. The number of nitriles is 1. The molecule has 0 radical (unpaired) electrons. The van der Waals surface area contributed by atoms with Gasteiger partial charge in [-0.15, -0.1) is 12.4 Å². The lowest BCUT2D eigenvalue weighted by atomic mass is 9.95. The highest BCUT2D eigenvalue weighted by Crippen LogP contribution is 2.11. The number of hydrogen-bond donors (Lipinski definition) is 2. The van der Waals surface area contributed by atoms with Gasteiger partial charge in [-0.25, -0.2) is 0 Å². The molecule has 0 bridgehead atoms. The van der Waals surface area contributed by atoms with Gasteiger partial charge >= 0.3 is 0 Å². The number of benzene rings is 1. The average molecular weight is 280 g/mol. The standard InChI is InChI=1S/C14H17N3O.ClH/c1-10-9-16-7-6-13(10)17-14(18)12-4-2-11(8-15)3-5-12;/h2-5,10,13,16H,6-7,9H2,1H3,(H,17,18);1H. The quantitative estimate of drug-likeness (QED) is 0.866. The lowest BCUT2D eigenvalue weighted by Crippen LogP contribution is -2.48. The van der Waals surface area contributed by atoms with E-state index in [2.05, 4.69) is 17.6 Å². The third kappa shape index (κ3) is 3.95. The molecule has 1 aromatic rings. The van der Waals surface area contributed by atoms with Gasteiger partial charge in [0.2, 0.25) is 0 Å². The molecular formula is C14H18ClN3O. The zero-order valence-corrected chi connectivity index (χ0v) is 11.7. The molecule has 0 spiro atoms. The van der Waals surface area contributed by atoms with E-state index in [1.807, 2.05) is 6.07 Å². The summed E-state index contributed by atoms with van der Waals surface area (Å²) in [4.78, 5) is 12.0. The summed E-state index contributed by atoms with van der Waals surface area (Å²) in [7, 11) is 0. The molecule has 1 aliphatic rings. The van der Waals surface area contributed by atoms with Crippen LogP contribution in [0.2, 0.25) is 0 Å². The largest absolute Gasteiger partial charge is 0.349 e. The van der Waals surface area contributed by atoms with Crippen LogP contribution in [0.15, 0.2) is 24.3 Å². The van der Waals surface area contributed by atoms with Gasteiger partial charge < -0.3 is 10.6 Å². The van der Waals surface area contributed by atoms with Crippen molar-refractivity contribution in [3.63, 3.8) is 0 Å². The number of hydrogen-bond acceptors (Lipinski definition) is 3. The first kappa shape index (κ1) is 15.5. The number of halogens is 1. The second kappa shape index (κ2) is 7.13. The number of nitrogens with zero attached hydrogens (tertiary/aromatic N) is 1. The van der Waals surface area contributed by atoms with E-state index in [9.17, 15) is 4.79 Å². The van der Waals surface area contributed by atoms with Crippen molar-refractivity contribution in [3.8, 4) is 6.07 Å². The molecule has 0 aliphatic carbocycles. The van der Waals surface area contributed by atoms with Crippen molar-refractivity contribution in [2.45, 2.75) is 19.4 Å². The smallest absolute Gasteiger partial charge is 0.251 e. The van der Waals surface area contributed by atoms with Gasteiger partial charge in [0.05, 0.1) is 11.6 Å². The number of carbonyl (C=O) groups is 1. The zero-order valence-electron chi connectivity index (χ0n) is 10.8. The van der Waals surface area contributed by atoms with Crippen molar-refractivity contribution >= 4 is 18.3 Å². The molecule has 1 saturated heterocycles. The second-order valence-electron chi connectivity index (χ2n) is 4.74. The van der Waals surface area contributed by atoms with Crippen molar-refractivity contribution in [2.75, 3.05) is 13.1 Å². The Morgan fingerprint density at radius 1 is 1.42 bits per heavy atom. The van der Waals surface area contributed by atoms with E-state index in [0.717, 1.165) is 19.5 Å². The fourth-order valence-corrected chi connectivity index (χ4v) is 2.18. The Bertz CT molecular complexity index is 467. The molecule has 102 valence electrons. The highest BCUT2D eigenvalue weighted by molar-refractivity contribution is 5.94. The SMILES string of the molecule is CC1CNCCC1NC(=O)c1ccc(C#N)cc1.Cl. The van der Waals surface area contributed by atoms with Crippen molar-refractivity contribution in [1.29, 1.82) is 5.26 Å². The first-order valence-corrected chi connectivity index (χ1v) is 6.22. The molecule has 0 aromatic heterocycles. The molecule has 0 saturated carbocycles. The van der Waals surface area contributed by atoms with Crippen LogP contribution in [0, 0.1) is 17.2 Å². The summed E-state index contributed by atoms with van der Waals surface area (Å²) in [6, 6.07) is 9.00. The van der Waals surface area contributed by atoms with Gasteiger partial charge in [-0.2, -0.15) is 5.26 Å². The molecule has 2 atom stereocenters. The van der Waals surface area contributed by atoms with E-state index in [-0.39, 0.29) is 24.4 Å². The summed E-state index contributed by atoms with van der Waals surface area (Å²) in [6.45, 7) is 4.02. The fourth-order valence-electron chi connectivity index (χ4n) is 2.18. The molecule has 1 heterocycles. The van der Waals surface area contributed by atoms with Crippen LogP contribution in [-0.4, -0.2) is 25.0 Å². The minimum absolute atomic E-state index is 0. The molecule has 2 N–H and O–H groups in total. The van der Waals surface area contributed by atoms with Crippen LogP contribution in [0.25, 0.3) is 0 Å². The van der Waals surface area contributed by atoms with Crippen molar-refractivity contribution in [2.24, 2.45) is 5.92 Å². The monoisotopic (exact) mass is 279 g/mol. The van der Waals surface area contributed by atoms with Gasteiger partial charge in [0.1, 0.15) is 0 Å². The van der Waals surface area contributed by atoms with E-state index in [1.165, 1.54) is 0 Å². The molecule has 2 rings (SSSR count). The van der Waals surface area contributed by atoms with Gasteiger partial charge in [0.15, 0.2) is 0 Å². The Labute approximate surface area is 119 Å². The Hall–Kier alpha value is -1.57. The Morgan fingerprint density at radius 2 is 2.11 bits per heavy atom. The van der Waals surface area contributed by atoms with Crippen molar-refractivity contribution in [1.82, 2.24) is 10.6 Å². The Morgan fingerprint density at radius 3 is 2.68 bits per heavy atom. The lowest BCUT2D eigenvalue weighted by molar-refractivity contribution is 0.0914. The number of nitrogens with one attached hydrogen (secondary N) is 2. The third-order valence-corrected chi connectivity index (χ3v) is 3.38. The number of rotatable bonds is 2. The second-order valence-corrected chi connectivity index (χ2v) is 4.74. The number of piperidine rings is 1. The molecule has 1 fully saturated rings. The van der Waals surface area contributed by atoms with Crippen LogP contribution in [-0.2, 0) is 0 Å². The summed E-state index contributed by atoms with van der Waals surface area (Å²) in [6.07, 6.45) is 0.961. The maximum atomic E-state index is 12.0. The average Bonchev–Trinajstić information content (AvgIpc) is 2.41. The van der Waals surface area contributed by atoms with Gasteiger partial charge in [-0.3, -0.25) is 4.79 Å². The van der Waals surface area contributed by atoms with Gasteiger partial charge in [0, 0.05) is 11.6 Å². The van der Waals surface area contributed by atoms with E-state index >= 15 is 0 Å². The van der Waals surface area contributed by atoms with E-state index in [1.54, 1.807) is 24.3 Å². The topological polar surface area (TPSA) is 64.9 Å². The molecular weight excluding hydrogens is 262 g/mol. The first-order valence-electron chi connectivity index (χ1n) is 6.22. The van der Waals surface area contributed by atoms with Gasteiger partial charge in [-0.1, -0.05) is 6.92 Å². The molecule has 2 unspecified atom stereocenters. The van der Waals surface area contributed by atoms with Crippen molar-refractivity contribution < 1.29 is 4.79 Å². The van der Waals surface area contributed by atoms with Crippen LogP contribution in [0.5, 0.6) is 0 Å². The first-order chi connectivity index (χ1) is 8.70. The van der Waals surface area contributed by atoms with Crippen LogP contribution in [0.1, 0.15) is 29.3 Å². The summed E-state index contributed by atoms with van der Waals surface area (Å²) in [5, 5.41) is 15.1. The molecule has 4 nitrogen and oxygen atoms in total. The van der Waals surface area contributed by atoms with Gasteiger partial charge in [0.25, 0.3) is 5.91 Å². The Kier molecular flexibility index (Phi) is 5.81. The molecule has 1 aliphatic heterocycles. The van der Waals surface area contributed by atoms with E-state index < -0.39 is 0 Å². The molecule has 5 heteroatoms. The van der Waals surface area contributed by atoms with Crippen LogP contribution in [0.4, 0.5) is 0 Å². The zero-order chi connectivity index (χ0) is 13.0. The lowest BCUT2D eigenvalue weighted by Gasteiger charge is -2.30. The minimum atomic E-state index is -0.0572. The van der Waals surface area contributed by atoms with Crippen molar-refractivity contribution in [3.05, 3.63) is 35.4 Å². The fraction of sp³-hybridized carbons (Fsp3) is 0.429. The summed E-state index contributed by atoms with van der Waals surface area (Å²) in [5.74, 6) is 0.388. The molecule has 19 heavy (non-hydrogen) atoms. The predicted molar refractivity (Wildman–Crippen MR) is 76.3 cm³/mol. The maximum absolute atomic E-state index is 12.0. The highest BCUT2D eigenvalue weighted by atomic mass is 35.5. The predicted octanol–water partition coefficient (Wildman–Crippen LogP) is 1.71. The summed E-state index contributed by atoms with van der Waals surface area (Å²) >= 11 is 0. The van der Waals surface area contributed by atoms with Crippen LogP contribution in [0.3, 0.4) is 0 Å². The maximum Gasteiger partial charge on any atom is 0.251 e. The van der Waals surface area contributed by atoms with E-state index in [0.29, 0.717) is 17.0 Å². The number of amides is 1. The minimum Gasteiger partial charge on any atom is -0.349 e. The van der Waals surface area contributed by atoms with Gasteiger partial charge in [-0.05, 0) is 49.7 Å². The summed E-state index contributed by atoms with van der Waals surface area (Å²) in [5.41, 5.74) is 1.18. The van der Waals surface area contributed by atoms with Crippen LogP contribution >= 0.6 is 12.4 Å². The Balaban J connectivity index is 0.00000180. The third-order valence-electron chi connectivity index (χ3n) is 3.38. The number of carbonyl (C=O) groups excluding carboxylic acids is 1. The molecule has 1 amide bonds. The highest BCUT2D eigenvalue weighted by Gasteiger charge is 2.22. The summed E-state index contributed by atoms with van der Waals surface area (Å²) < 4.78 is 0. The van der Waals surface area contributed by atoms with E-state index in [4.69, 9.17) is 5.26 Å². The normalized spacial score (nSPS) is 21.9. The van der Waals surface area contributed by atoms with Crippen LogP contribution < -0.4 is 10.6 Å².